The molecule has 16 heavy (non-hydrogen) atoms. The van der Waals surface area contributed by atoms with E-state index in [1.807, 2.05) is 6.92 Å². The highest BCUT2D eigenvalue weighted by atomic mass is 16.5. The van der Waals surface area contributed by atoms with Crippen molar-refractivity contribution in [3.8, 4) is 0 Å². The fraction of sp³-hybridized carbons (Fsp3) is 0.923. The van der Waals surface area contributed by atoms with Crippen LogP contribution in [0.15, 0.2) is 0 Å². The number of hydrogen-bond acceptors (Lipinski definition) is 3. The summed E-state index contributed by atoms with van der Waals surface area (Å²) >= 11 is 0. The van der Waals surface area contributed by atoms with E-state index in [1.54, 1.807) is 0 Å². The Morgan fingerprint density at radius 2 is 1.75 bits per heavy atom. The van der Waals surface area contributed by atoms with Crippen molar-refractivity contribution >= 4 is 5.97 Å². The molecule has 3 nitrogen and oxygen atoms in total. The van der Waals surface area contributed by atoms with E-state index in [4.69, 9.17) is 4.74 Å². The monoisotopic (exact) mass is 229 g/mol. The molecule has 0 heterocycles. The van der Waals surface area contributed by atoms with Gasteiger partial charge in [0.15, 0.2) is 0 Å². The maximum Gasteiger partial charge on any atom is 0.307 e. The van der Waals surface area contributed by atoms with Crippen LogP contribution in [-0.2, 0) is 9.53 Å². The summed E-state index contributed by atoms with van der Waals surface area (Å²) in [5.41, 5.74) is -0.0511. The average molecular weight is 229 g/mol. The molecule has 1 unspecified atom stereocenters. The molecule has 0 saturated carbocycles. The Balaban J connectivity index is 4.59. The number of ether oxygens (including phenoxy) is 1. The van der Waals surface area contributed by atoms with Gasteiger partial charge in [0.25, 0.3) is 0 Å². The number of nitrogens with zero attached hydrogens (tertiary/aromatic N) is 1. The summed E-state index contributed by atoms with van der Waals surface area (Å²) in [7, 11) is 0. The van der Waals surface area contributed by atoms with Gasteiger partial charge in [-0.1, -0.05) is 27.2 Å². The third-order valence-electron chi connectivity index (χ3n) is 3.15. The second kappa shape index (κ2) is 7.66. The molecular formula is C13H27NO2. The van der Waals surface area contributed by atoms with Gasteiger partial charge in [0.1, 0.15) is 0 Å². The highest BCUT2D eigenvalue weighted by molar-refractivity contribution is 5.70. The van der Waals surface area contributed by atoms with Crippen molar-refractivity contribution in [1.82, 2.24) is 4.90 Å². The van der Waals surface area contributed by atoms with E-state index >= 15 is 0 Å². The molecule has 0 rings (SSSR count). The number of esters is 1. The first kappa shape index (κ1) is 15.4. The molecule has 0 N–H and O–H groups in total. The minimum atomic E-state index is -0.0784. The molecule has 0 saturated heterocycles. The number of carbonyl (C=O) groups excluding carboxylic acids is 1. The van der Waals surface area contributed by atoms with Crippen molar-refractivity contribution in [2.45, 2.75) is 59.4 Å². The van der Waals surface area contributed by atoms with Crippen LogP contribution in [0, 0.1) is 0 Å². The molecule has 0 aromatic rings. The van der Waals surface area contributed by atoms with Crippen LogP contribution in [0.5, 0.6) is 0 Å². The summed E-state index contributed by atoms with van der Waals surface area (Å²) in [5, 5.41) is 0. The zero-order valence-electron chi connectivity index (χ0n) is 11.5. The van der Waals surface area contributed by atoms with Crippen molar-refractivity contribution in [2.24, 2.45) is 0 Å². The first-order valence-corrected chi connectivity index (χ1v) is 6.44. The quantitative estimate of drug-likeness (QED) is 0.599. The predicted octanol–water partition coefficient (Wildman–Crippen LogP) is 2.84. The van der Waals surface area contributed by atoms with Gasteiger partial charge in [0.2, 0.25) is 0 Å². The Hall–Kier alpha value is -0.570. The topological polar surface area (TPSA) is 29.5 Å². The van der Waals surface area contributed by atoms with E-state index in [9.17, 15) is 4.79 Å². The summed E-state index contributed by atoms with van der Waals surface area (Å²) in [5.74, 6) is -0.0784. The molecule has 0 aliphatic carbocycles. The maximum atomic E-state index is 11.6. The second-order valence-corrected chi connectivity index (χ2v) is 4.40. The van der Waals surface area contributed by atoms with Gasteiger partial charge in [-0.05, 0) is 33.4 Å². The lowest BCUT2D eigenvalue weighted by Gasteiger charge is -2.39. The Labute approximate surface area is 100 Å². The fourth-order valence-corrected chi connectivity index (χ4v) is 2.41. The standard InChI is InChI=1S/C13H27NO2/c1-6-10-13(5,14(7-2)8-3)11-12(15)16-9-4/h6-11H2,1-5H3. The summed E-state index contributed by atoms with van der Waals surface area (Å²) in [6, 6.07) is 0. The smallest absolute Gasteiger partial charge is 0.307 e. The molecule has 0 fully saturated rings. The molecule has 96 valence electrons. The minimum Gasteiger partial charge on any atom is -0.466 e. The van der Waals surface area contributed by atoms with Crippen LogP contribution < -0.4 is 0 Å². The summed E-state index contributed by atoms with van der Waals surface area (Å²) < 4.78 is 5.06. The molecule has 0 aliphatic heterocycles. The Kier molecular flexibility index (Phi) is 7.39. The zero-order valence-corrected chi connectivity index (χ0v) is 11.5. The summed E-state index contributed by atoms with van der Waals surface area (Å²) in [6.07, 6.45) is 2.62. The normalized spacial score (nSPS) is 14.9. The number of carbonyl (C=O) groups is 1. The molecular weight excluding hydrogens is 202 g/mol. The van der Waals surface area contributed by atoms with Crippen LogP contribution in [0.1, 0.15) is 53.9 Å². The van der Waals surface area contributed by atoms with Crippen molar-refractivity contribution in [2.75, 3.05) is 19.7 Å². The molecule has 0 bridgehead atoms. The van der Waals surface area contributed by atoms with Crippen LogP contribution in [0.3, 0.4) is 0 Å². The van der Waals surface area contributed by atoms with Crippen LogP contribution >= 0.6 is 0 Å². The highest BCUT2D eigenvalue weighted by Crippen LogP contribution is 2.25. The molecule has 0 amide bonds. The second-order valence-electron chi connectivity index (χ2n) is 4.40. The van der Waals surface area contributed by atoms with E-state index in [2.05, 4.69) is 32.6 Å². The molecule has 1 atom stereocenters. The lowest BCUT2D eigenvalue weighted by Crippen LogP contribution is -2.47. The van der Waals surface area contributed by atoms with Crippen LogP contribution in [-0.4, -0.2) is 36.1 Å². The zero-order chi connectivity index (χ0) is 12.6. The predicted molar refractivity (Wildman–Crippen MR) is 67.5 cm³/mol. The summed E-state index contributed by atoms with van der Waals surface area (Å²) in [4.78, 5) is 14.0. The molecule has 0 aromatic heterocycles. The van der Waals surface area contributed by atoms with Crippen molar-refractivity contribution < 1.29 is 9.53 Å². The molecule has 0 aromatic carbocycles. The summed E-state index contributed by atoms with van der Waals surface area (Å²) in [6.45, 7) is 12.9. The lowest BCUT2D eigenvalue weighted by atomic mass is 9.90. The molecule has 3 heteroatoms. The minimum absolute atomic E-state index is 0.0511. The Morgan fingerprint density at radius 3 is 2.12 bits per heavy atom. The van der Waals surface area contributed by atoms with E-state index in [-0.39, 0.29) is 11.5 Å². The van der Waals surface area contributed by atoms with Crippen LogP contribution in [0.2, 0.25) is 0 Å². The Bertz CT molecular complexity index is 202. The lowest BCUT2D eigenvalue weighted by molar-refractivity contribution is -0.146. The van der Waals surface area contributed by atoms with E-state index in [1.165, 1.54) is 0 Å². The van der Waals surface area contributed by atoms with Gasteiger partial charge in [-0.2, -0.15) is 0 Å². The molecule has 0 aliphatic rings. The highest BCUT2D eigenvalue weighted by Gasteiger charge is 2.32. The first-order chi connectivity index (χ1) is 7.53. The van der Waals surface area contributed by atoms with Crippen LogP contribution in [0.25, 0.3) is 0 Å². The molecule has 0 spiro atoms. The van der Waals surface area contributed by atoms with E-state index in [0.29, 0.717) is 13.0 Å². The largest absolute Gasteiger partial charge is 0.466 e. The first-order valence-electron chi connectivity index (χ1n) is 6.44. The molecule has 0 radical (unpaired) electrons. The van der Waals surface area contributed by atoms with Gasteiger partial charge in [-0.25, -0.2) is 0 Å². The Morgan fingerprint density at radius 1 is 1.19 bits per heavy atom. The van der Waals surface area contributed by atoms with E-state index in [0.717, 1.165) is 25.9 Å². The van der Waals surface area contributed by atoms with Gasteiger partial charge in [0.05, 0.1) is 13.0 Å². The maximum absolute atomic E-state index is 11.6. The average Bonchev–Trinajstić information content (AvgIpc) is 2.19. The van der Waals surface area contributed by atoms with Gasteiger partial charge in [0, 0.05) is 5.54 Å². The number of hydrogen-bond donors (Lipinski definition) is 0. The van der Waals surface area contributed by atoms with Crippen molar-refractivity contribution in [3.05, 3.63) is 0 Å². The van der Waals surface area contributed by atoms with Crippen LogP contribution in [0.4, 0.5) is 0 Å². The van der Waals surface area contributed by atoms with Crippen molar-refractivity contribution in [1.29, 1.82) is 0 Å². The fourth-order valence-electron chi connectivity index (χ4n) is 2.41. The SMILES string of the molecule is CCCC(C)(CC(=O)OCC)N(CC)CC. The van der Waals surface area contributed by atoms with Gasteiger partial charge in [-0.3, -0.25) is 9.69 Å². The van der Waals surface area contributed by atoms with Gasteiger partial charge >= 0.3 is 5.97 Å². The van der Waals surface area contributed by atoms with Gasteiger partial charge < -0.3 is 4.74 Å². The third kappa shape index (κ3) is 4.52. The van der Waals surface area contributed by atoms with E-state index < -0.39 is 0 Å². The van der Waals surface area contributed by atoms with Crippen molar-refractivity contribution in [3.63, 3.8) is 0 Å². The third-order valence-corrected chi connectivity index (χ3v) is 3.15. The number of rotatable bonds is 8. The van der Waals surface area contributed by atoms with Gasteiger partial charge in [-0.15, -0.1) is 0 Å².